The first-order valence-electron chi connectivity index (χ1n) is 9.63. The van der Waals surface area contributed by atoms with Gasteiger partial charge >= 0.3 is 0 Å². The molecule has 0 atom stereocenters. The lowest BCUT2D eigenvalue weighted by molar-refractivity contribution is -0.116. The van der Waals surface area contributed by atoms with Gasteiger partial charge in [-0.1, -0.05) is 11.6 Å². The van der Waals surface area contributed by atoms with E-state index in [9.17, 15) is 13.2 Å². The molecule has 11 heteroatoms. The van der Waals surface area contributed by atoms with Crippen LogP contribution >= 0.6 is 22.9 Å². The Morgan fingerprint density at radius 3 is 2.63 bits per heavy atom. The van der Waals surface area contributed by atoms with E-state index in [0.29, 0.717) is 29.8 Å². The number of ether oxygens (including phenoxy) is 1. The minimum Gasteiger partial charge on any atom is -0.379 e. The zero-order chi connectivity index (χ0) is 21.6. The van der Waals surface area contributed by atoms with Crippen molar-refractivity contribution < 1.29 is 17.9 Å². The first-order valence-corrected chi connectivity index (χ1v) is 12.3. The number of sulfonamides is 1. The highest BCUT2D eigenvalue weighted by Crippen LogP contribution is 2.20. The zero-order valence-electron chi connectivity index (χ0n) is 16.7. The fraction of sp³-hybridized carbons (Fsp3) is 0.474. The average molecular weight is 473 g/mol. The second-order valence-corrected chi connectivity index (χ2v) is 10.5. The van der Waals surface area contributed by atoms with Crippen molar-refractivity contribution in [1.29, 1.82) is 0 Å². The number of benzene rings is 1. The molecule has 1 amide bonds. The number of aryl methyl sites for hydroxylation is 1. The van der Waals surface area contributed by atoms with Gasteiger partial charge in [-0.2, -0.15) is 4.31 Å². The van der Waals surface area contributed by atoms with Crippen LogP contribution in [-0.4, -0.2) is 74.5 Å². The summed E-state index contributed by atoms with van der Waals surface area (Å²) in [5, 5.41) is 3.58. The minimum atomic E-state index is -3.85. The number of aromatic nitrogens is 1. The lowest BCUT2D eigenvalue weighted by Gasteiger charge is -2.28. The molecule has 2 aromatic rings. The van der Waals surface area contributed by atoms with Crippen LogP contribution in [-0.2, 0) is 19.6 Å². The number of nitrogens with one attached hydrogen (secondary N) is 1. The monoisotopic (exact) mass is 472 g/mol. The summed E-state index contributed by atoms with van der Waals surface area (Å²) in [5.74, 6) is -0.423. The van der Waals surface area contributed by atoms with Gasteiger partial charge in [0.2, 0.25) is 15.9 Å². The highest BCUT2D eigenvalue weighted by molar-refractivity contribution is 7.89. The molecule has 0 unspecified atom stereocenters. The molecule has 8 nitrogen and oxygen atoms in total. The molecule has 0 spiro atoms. The van der Waals surface area contributed by atoms with Crippen molar-refractivity contribution in [3.8, 4) is 0 Å². The van der Waals surface area contributed by atoms with Crippen LogP contribution in [0.5, 0.6) is 0 Å². The van der Waals surface area contributed by atoms with Gasteiger partial charge in [-0.15, -0.1) is 11.3 Å². The van der Waals surface area contributed by atoms with Crippen LogP contribution in [0.4, 0.5) is 5.13 Å². The highest BCUT2D eigenvalue weighted by Gasteiger charge is 2.27. The lowest BCUT2D eigenvalue weighted by Crippen LogP contribution is -2.41. The molecule has 164 valence electrons. The summed E-state index contributed by atoms with van der Waals surface area (Å²) < 4.78 is 32.9. The van der Waals surface area contributed by atoms with Crippen LogP contribution in [0.15, 0.2) is 35.4 Å². The largest absolute Gasteiger partial charge is 0.379 e. The van der Waals surface area contributed by atoms with E-state index in [0.717, 1.165) is 24.5 Å². The van der Waals surface area contributed by atoms with Gasteiger partial charge in [0.25, 0.3) is 0 Å². The number of amides is 1. The van der Waals surface area contributed by atoms with Crippen molar-refractivity contribution in [2.24, 2.45) is 0 Å². The van der Waals surface area contributed by atoms with Crippen molar-refractivity contribution >= 4 is 44.0 Å². The fourth-order valence-corrected chi connectivity index (χ4v) is 5.31. The van der Waals surface area contributed by atoms with E-state index >= 15 is 0 Å². The Morgan fingerprint density at radius 2 is 2.00 bits per heavy atom. The molecule has 30 heavy (non-hydrogen) atoms. The van der Waals surface area contributed by atoms with Gasteiger partial charge in [-0.25, -0.2) is 13.4 Å². The smallest absolute Gasteiger partial charge is 0.243 e. The molecule has 1 fully saturated rings. The van der Waals surface area contributed by atoms with Crippen LogP contribution in [0.1, 0.15) is 11.3 Å². The number of carbonyl (C=O) groups excluding carboxylic acids is 1. The van der Waals surface area contributed by atoms with Gasteiger partial charge in [-0.05, 0) is 44.2 Å². The molecule has 1 aromatic carbocycles. The summed E-state index contributed by atoms with van der Waals surface area (Å²) in [6, 6.07) is 5.96. The van der Waals surface area contributed by atoms with E-state index in [1.165, 1.54) is 39.9 Å². The first-order chi connectivity index (χ1) is 14.3. The molecule has 1 aliphatic rings. The van der Waals surface area contributed by atoms with E-state index in [1.807, 2.05) is 6.92 Å². The number of nitrogens with zero attached hydrogens (tertiary/aromatic N) is 3. The van der Waals surface area contributed by atoms with Gasteiger partial charge in [0.05, 0.1) is 24.7 Å². The van der Waals surface area contributed by atoms with Crippen LogP contribution < -0.4 is 5.32 Å². The molecule has 1 aromatic heterocycles. The maximum Gasteiger partial charge on any atom is 0.243 e. The molecule has 0 saturated carbocycles. The number of hydrogen-bond donors (Lipinski definition) is 1. The SMILES string of the molecule is Cc1cnc(NC(=O)CN(CCCN2CCOCC2)S(=O)(=O)c2ccc(Cl)cc2)s1. The van der Waals surface area contributed by atoms with Crippen molar-refractivity contribution in [1.82, 2.24) is 14.2 Å². The number of morpholine rings is 1. The van der Waals surface area contributed by atoms with Crippen molar-refractivity contribution in [2.45, 2.75) is 18.2 Å². The Balaban J connectivity index is 1.69. The third-order valence-corrected chi connectivity index (χ3v) is 7.56. The highest BCUT2D eigenvalue weighted by atomic mass is 35.5. The average Bonchev–Trinajstić information content (AvgIpc) is 3.12. The topological polar surface area (TPSA) is 91.8 Å². The van der Waals surface area contributed by atoms with Crippen LogP contribution in [0.3, 0.4) is 0 Å². The summed E-state index contributed by atoms with van der Waals surface area (Å²) in [6.07, 6.45) is 2.27. The summed E-state index contributed by atoms with van der Waals surface area (Å²) >= 11 is 7.23. The van der Waals surface area contributed by atoms with Gasteiger partial charge in [-0.3, -0.25) is 9.69 Å². The van der Waals surface area contributed by atoms with E-state index in [1.54, 1.807) is 6.20 Å². The second kappa shape index (κ2) is 10.7. The fourth-order valence-electron chi connectivity index (χ4n) is 3.07. The molecule has 2 heterocycles. The van der Waals surface area contributed by atoms with E-state index < -0.39 is 15.9 Å². The van der Waals surface area contributed by atoms with Gasteiger partial charge in [0.15, 0.2) is 5.13 Å². The Kier molecular flexibility index (Phi) is 8.20. The number of hydrogen-bond acceptors (Lipinski definition) is 7. The van der Waals surface area contributed by atoms with Gasteiger partial charge < -0.3 is 10.1 Å². The summed E-state index contributed by atoms with van der Waals surface area (Å²) in [5.41, 5.74) is 0. The molecular weight excluding hydrogens is 448 g/mol. The second-order valence-electron chi connectivity index (χ2n) is 6.92. The molecule has 0 bridgehead atoms. The number of anilines is 1. The molecule has 1 N–H and O–H groups in total. The molecule has 0 aliphatic carbocycles. The number of halogens is 1. The number of carbonyl (C=O) groups is 1. The van der Waals surface area contributed by atoms with Crippen molar-refractivity contribution in [3.05, 3.63) is 40.4 Å². The predicted molar refractivity (Wildman–Crippen MR) is 118 cm³/mol. The van der Waals surface area contributed by atoms with Gasteiger partial charge in [0, 0.05) is 35.7 Å². The van der Waals surface area contributed by atoms with Crippen molar-refractivity contribution in [2.75, 3.05) is 51.3 Å². The summed E-state index contributed by atoms with van der Waals surface area (Å²) in [7, 11) is -3.85. The summed E-state index contributed by atoms with van der Waals surface area (Å²) in [4.78, 5) is 19.9. The molecule has 1 saturated heterocycles. The molecule has 3 rings (SSSR count). The first kappa shape index (κ1) is 23.1. The minimum absolute atomic E-state index is 0.108. The Morgan fingerprint density at radius 1 is 1.30 bits per heavy atom. The van der Waals surface area contributed by atoms with E-state index in [4.69, 9.17) is 16.3 Å². The zero-order valence-corrected chi connectivity index (χ0v) is 19.1. The Bertz CT molecular complexity index is 944. The third kappa shape index (κ3) is 6.47. The van der Waals surface area contributed by atoms with Crippen LogP contribution in [0, 0.1) is 6.92 Å². The van der Waals surface area contributed by atoms with E-state index in [2.05, 4.69) is 15.2 Å². The Labute approximate surface area is 185 Å². The lowest BCUT2D eigenvalue weighted by atomic mass is 10.3. The van der Waals surface area contributed by atoms with Gasteiger partial charge in [0.1, 0.15) is 0 Å². The standard InChI is InChI=1S/C19H25ClN4O4S2/c1-15-13-21-19(29-15)22-18(25)14-24(8-2-7-23-9-11-28-12-10-23)30(26,27)17-5-3-16(20)4-6-17/h3-6,13H,2,7-12,14H2,1H3,(H,21,22,25). The van der Waals surface area contributed by atoms with E-state index in [-0.39, 0.29) is 18.0 Å². The maximum atomic E-state index is 13.2. The molecule has 1 aliphatic heterocycles. The van der Waals surface area contributed by atoms with Crippen LogP contribution in [0.25, 0.3) is 0 Å². The third-order valence-electron chi connectivity index (χ3n) is 4.62. The normalized spacial score (nSPS) is 15.4. The quantitative estimate of drug-likeness (QED) is 0.602. The predicted octanol–water partition coefficient (Wildman–Crippen LogP) is 2.46. The maximum absolute atomic E-state index is 13.2. The Hall–Kier alpha value is -1.56. The molecule has 0 radical (unpaired) electrons. The number of thiazole rings is 1. The number of rotatable bonds is 9. The van der Waals surface area contributed by atoms with Crippen LogP contribution in [0.2, 0.25) is 5.02 Å². The molecular formula is C19H25ClN4O4S2. The van der Waals surface area contributed by atoms with Crippen molar-refractivity contribution in [3.63, 3.8) is 0 Å². The summed E-state index contributed by atoms with van der Waals surface area (Å²) in [6.45, 7) is 5.59.